The third kappa shape index (κ3) is 8.24. The molecule has 14 nitrogen and oxygen atoms in total. The first-order valence-electron chi connectivity index (χ1n) is 17.6. The summed E-state index contributed by atoms with van der Waals surface area (Å²) in [5.41, 5.74) is -6.82. The Morgan fingerprint density at radius 3 is 2.17 bits per heavy atom. The molecular formula is C38H51Ac2NO13. The minimum atomic E-state index is -2.29. The van der Waals surface area contributed by atoms with Crippen molar-refractivity contribution in [2.75, 3.05) is 6.61 Å². The Bertz CT molecular complexity index is 1660. The Balaban J connectivity index is 0.00000392. The van der Waals surface area contributed by atoms with E-state index in [0.29, 0.717) is 5.57 Å². The zero-order valence-corrected chi connectivity index (χ0v) is 41.4. The molecule has 1 aliphatic heterocycles. The van der Waals surface area contributed by atoms with Crippen LogP contribution in [0.15, 0.2) is 53.1 Å². The number of ether oxygens (including phenoxy) is 4. The summed E-state index contributed by atoms with van der Waals surface area (Å²) in [5.74, 6) is -4.51. The van der Waals surface area contributed by atoms with Crippen molar-refractivity contribution in [2.45, 2.75) is 128 Å². The number of Topliss-reactive ketones (excluding diaryl/α,β-unsaturated/α-hetero) is 1. The second kappa shape index (κ2) is 17.6. The summed E-state index contributed by atoms with van der Waals surface area (Å²) in [6.45, 7) is 12.3. The van der Waals surface area contributed by atoms with Crippen molar-refractivity contribution in [1.29, 1.82) is 0 Å². The van der Waals surface area contributed by atoms with E-state index in [1.54, 1.807) is 59.7 Å². The second-order valence-corrected chi connectivity index (χ2v) is 15.9. The molecule has 1 saturated heterocycles. The number of benzene rings is 1. The number of esters is 2. The van der Waals surface area contributed by atoms with Crippen LogP contribution in [-0.4, -0.2) is 116 Å². The van der Waals surface area contributed by atoms with Gasteiger partial charge in [0.25, 0.3) is 0 Å². The molecule has 2 saturated carbocycles. The van der Waals surface area contributed by atoms with E-state index in [1.165, 1.54) is 32.1 Å². The molecule has 3 aliphatic carbocycles. The molecule has 1 unspecified atom stereocenters. The number of amides is 1. The molecule has 0 aromatic heterocycles. The molecule has 1 amide bonds. The van der Waals surface area contributed by atoms with Crippen molar-refractivity contribution in [1.82, 2.24) is 5.32 Å². The van der Waals surface area contributed by atoms with Crippen molar-refractivity contribution in [2.24, 2.45) is 16.7 Å². The zero-order valence-electron chi connectivity index (χ0n) is 31.9. The molecule has 1 aromatic rings. The van der Waals surface area contributed by atoms with E-state index >= 15 is 0 Å². The van der Waals surface area contributed by atoms with Gasteiger partial charge in [0.1, 0.15) is 29.5 Å². The van der Waals surface area contributed by atoms with Gasteiger partial charge in [-0.25, -0.2) is 14.4 Å². The molecule has 16 heteroatoms. The van der Waals surface area contributed by atoms with E-state index in [-0.39, 0.29) is 118 Å². The molecular weight excluding hydrogens is 1130 g/mol. The molecule has 6 N–H and O–H groups in total. The van der Waals surface area contributed by atoms with Crippen molar-refractivity contribution >= 4 is 23.8 Å². The van der Waals surface area contributed by atoms with Crippen LogP contribution in [0.2, 0.25) is 0 Å². The van der Waals surface area contributed by atoms with Crippen LogP contribution in [0.1, 0.15) is 78.6 Å². The summed E-state index contributed by atoms with van der Waals surface area (Å²) in [6, 6.07) is 6.60. The van der Waals surface area contributed by atoms with Gasteiger partial charge in [-0.1, -0.05) is 43.7 Å². The Hall–Kier alpha value is -0.777. The van der Waals surface area contributed by atoms with Gasteiger partial charge in [0.05, 0.1) is 41.9 Å². The maximum Gasteiger partial charge on any atom is 0.407 e. The summed E-state index contributed by atoms with van der Waals surface area (Å²) in [4.78, 5) is 54.6. The smallest absolute Gasteiger partial charge is 0.407 e. The number of nitrogens with one attached hydrogen (secondary N) is 1. The molecule has 1 heterocycles. The van der Waals surface area contributed by atoms with Gasteiger partial charge in [-0.15, -0.1) is 0 Å². The summed E-state index contributed by atoms with van der Waals surface area (Å²) >= 11 is 0. The molecule has 1 aromatic carbocycles. The standard InChI is InChI=1S/C38H51NO13.2Ac/c1-18(2)14-22(39-34(46)50-19(3)4)27(41)33(45)51-23-16-38(48)31(52-32(44)21-12-10-9-11-13-21)29-36(8,24(40)15-25-37(29,47)17-49-25)30(43)28(42)26(20(23)5)35(38,6)7;;/h9-14,19,22-25,27-29,31,40-42,47-48H,15-17H2,1-8H3,(H,39,46);;/t22-,23?,24-,25+,27+,28+,29-,31-,36+,37-,38+;;/m0../s1. The quantitative estimate of drug-likeness (QED) is 0.125. The van der Waals surface area contributed by atoms with E-state index in [0.717, 1.165) is 0 Å². The molecule has 2 radical (unpaired) electrons. The van der Waals surface area contributed by atoms with Gasteiger partial charge in [0, 0.05) is 112 Å². The number of fused-ring (bicyclic) bond motifs is 5. The molecule has 2 bridgehead atoms. The van der Waals surface area contributed by atoms with Gasteiger partial charge in [-0.2, -0.15) is 0 Å². The molecule has 4 aliphatic rings. The third-order valence-corrected chi connectivity index (χ3v) is 11.6. The summed E-state index contributed by atoms with van der Waals surface area (Å²) in [7, 11) is 0. The Labute approximate surface area is 386 Å². The normalized spacial score (nSPS) is 34.7. The number of rotatable bonds is 8. The maximum absolute atomic E-state index is 14.6. The first kappa shape index (κ1) is 47.6. The van der Waals surface area contributed by atoms with E-state index in [9.17, 15) is 44.7 Å². The topological polar surface area (TPSA) is 218 Å². The van der Waals surface area contributed by atoms with Crippen LogP contribution in [-0.2, 0) is 28.5 Å². The SMILES string of the molecule is CC(C)=C[C@H](NC(=O)OC(C)C)[C@@H](O)C(=O)OC1C[C@@]2(O)[C@@H](OC(=O)c3ccccc3)[C@@H]3[C@]4(O)CO[C@@H]4C[C@H](O)[C@@]3(C)C(=O)[C@H](O)C(=C1C)C2(C)C.[Ac].[Ac]. The largest absolute Gasteiger partial charge is 0.456 e. The van der Waals surface area contributed by atoms with Gasteiger partial charge >= 0.3 is 18.0 Å². The minimum absolute atomic E-state index is 0. The molecule has 292 valence electrons. The van der Waals surface area contributed by atoms with Crippen LogP contribution >= 0.6 is 0 Å². The fourth-order valence-corrected chi connectivity index (χ4v) is 8.69. The van der Waals surface area contributed by atoms with Gasteiger partial charge in [-0.05, 0) is 64.8 Å². The summed E-state index contributed by atoms with van der Waals surface area (Å²) in [6.07, 6.45) is -10.2. The number of carbonyl (C=O) groups excluding carboxylic acids is 4. The van der Waals surface area contributed by atoms with Crippen molar-refractivity contribution < 1.29 is 152 Å². The third-order valence-electron chi connectivity index (χ3n) is 11.6. The molecule has 11 atom stereocenters. The number of aliphatic hydroxyl groups excluding tert-OH is 3. The number of allylic oxidation sites excluding steroid dienone is 1. The van der Waals surface area contributed by atoms with Crippen LogP contribution in [0.3, 0.4) is 0 Å². The van der Waals surface area contributed by atoms with E-state index in [2.05, 4.69) is 5.32 Å². The number of hydrogen-bond acceptors (Lipinski definition) is 13. The predicted molar refractivity (Wildman–Crippen MR) is 183 cm³/mol. The number of alkyl carbamates (subject to hydrolysis) is 1. The van der Waals surface area contributed by atoms with Crippen LogP contribution in [0, 0.1) is 105 Å². The van der Waals surface area contributed by atoms with Crippen LogP contribution in [0.5, 0.6) is 0 Å². The molecule has 54 heavy (non-hydrogen) atoms. The van der Waals surface area contributed by atoms with E-state index < -0.39 is 107 Å². The van der Waals surface area contributed by atoms with E-state index in [4.69, 9.17) is 18.9 Å². The van der Waals surface area contributed by atoms with Gasteiger partial charge in [-0.3, -0.25) is 4.79 Å². The van der Waals surface area contributed by atoms with Crippen LogP contribution in [0.25, 0.3) is 0 Å². The number of hydrogen-bond donors (Lipinski definition) is 6. The average Bonchev–Trinajstić information content (AvgIpc) is 3.06. The first-order chi connectivity index (χ1) is 24.1. The van der Waals surface area contributed by atoms with Crippen molar-refractivity contribution in [3.63, 3.8) is 0 Å². The Morgan fingerprint density at radius 2 is 1.63 bits per heavy atom. The van der Waals surface area contributed by atoms with Crippen molar-refractivity contribution in [3.8, 4) is 0 Å². The maximum atomic E-state index is 14.6. The number of carbonyl (C=O) groups is 4. The van der Waals surface area contributed by atoms with Gasteiger partial charge < -0.3 is 49.8 Å². The van der Waals surface area contributed by atoms with Gasteiger partial charge in [0.15, 0.2) is 11.9 Å². The van der Waals surface area contributed by atoms with E-state index in [1.807, 2.05) is 0 Å². The predicted octanol–water partition coefficient (Wildman–Crippen LogP) is 1.89. The average molecular weight is 1180 g/mol. The molecule has 5 rings (SSSR count). The summed E-state index contributed by atoms with van der Waals surface area (Å²) < 4.78 is 22.8. The van der Waals surface area contributed by atoms with Crippen molar-refractivity contribution in [3.05, 3.63) is 58.7 Å². The molecule has 0 spiro atoms. The van der Waals surface area contributed by atoms with Crippen LogP contribution in [0.4, 0.5) is 4.79 Å². The summed E-state index contributed by atoms with van der Waals surface area (Å²) in [5, 5.41) is 62.5. The fourth-order valence-electron chi connectivity index (χ4n) is 8.69. The van der Waals surface area contributed by atoms with Gasteiger partial charge in [0.2, 0.25) is 0 Å². The second-order valence-electron chi connectivity index (χ2n) is 15.9. The first-order valence-corrected chi connectivity index (χ1v) is 17.6. The monoisotopic (exact) mass is 1180 g/mol. The number of ketones is 1. The Kier molecular flexibility index (Phi) is 15.5. The molecule has 3 fully saturated rings. The minimum Gasteiger partial charge on any atom is -0.456 e. The Morgan fingerprint density at radius 1 is 1.02 bits per heavy atom. The zero-order chi connectivity index (χ0) is 38.7. The fraction of sp³-hybridized carbons (Fsp3) is 0.632. The van der Waals surface area contributed by atoms with Crippen LogP contribution < -0.4 is 5.32 Å². The number of aliphatic hydroxyl groups is 5.